The van der Waals surface area contributed by atoms with Crippen LogP contribution >= 0.6 is 0 Å². The second-order valence-corrected chi connectivity index (χ2v) is 38.5. The summed E-state index contributed by atoms with van der Waals surface area (Å²) in [6, 6.07) is 1.04. The third-order valence-corrected chi connectivity index (χ3v) is 28.4. The molecule has 0 saturated carbocycles. The summed E-state index contributed by atoms with van der Waals surface area (Å²) in [5, 5.41) is 0. The third kappa shape index (κ3) is 54.5. The average Bonchev–Trinajstić information content (AvgIpc) is 3.18. The van der Waals surface area contributed by atoms with Crippen LogP contribution in [0.3, 0.4) is 0 Å². The van der Waals surface area contributed by atoms with Gasteiger partial charge in [-0.3, -0.25) is 9.59 Å². The lowest BCUT2D eigenvalue weighted by molar-refractivity contribution is -0.147. The highest BCUT2D eigenvalue weighted by Crippen LogP contribution is 2.35. The zero-order valence-electron chi connectivity index (χ0n) is 43.2. The Morgan fingerprint density at radius 2 is 0.918 bits per heavy atom. The summed E-state index contributed by atoms with van der Waals surface area (Å²) in [6.07, 6.45) is 0.114. The predicted molar refractivity (Wildman–Crippen MR) is 306 cm³/mol. The van der Waals surface area contributed by atoms with Crippen molar-refractivity contribution >= 4 is 66.2 Å². The Hall–Kier alpha value is -2.05. The van der Waals surface area contributed by atoms with Crippen molar-refractivity contribution in [2.24, 2.45) is 0 Å². The molecule has 2 atom stereocenters. The van der Waals surface area contributed by atoms with E-state index in [0.717, 1.165) is 25.7 Å². The minimum atomic E-state index is -4.34. The molecule has 0 amide bonds. The van der Waals surface area contributed by atoms with Crippen LogP contribution in [0.15, 0.2) is 24.3 Å². The van der Waals surface area contributed by atoms with Gasteiger partial charge in [-0.05, 0) is 129 Å². The van der Waals surface area contributed by atoms with E-state index in [9.17, 15) is 32.3 Å². The van der Waals surface area contributed by atoms with Gasteiger partial charge in [-0.1, -0.05) is 71.1 Å². The number of esters is 4. The fourth-order valence-corrected chi connectivity index (χ4v) is 31.0. The molecule has 0 aromatic heterocycles. The van der Waals surface area contributed by atoms with E-state index in [0.29, 0.717) is 68.9 Å². The number of ether oxygens (including phenoxy) is 7. The monoisotopic (exact) mass is 1150 g/mol. The van der Waals surface area contributed by atoms with Gasteiger partial charge in [0, 0.05) is 57.3 Å². The molecule has 0 fully saturated rings. The quantitative estimate of drug-likeness (QED) is 0.0188. The highest BCUT2D eigenvalue weighted by atomic mass is 28.5. The Bertz CT molecular complexity index is 1450. The zero-order valence-corrected chi connectivity index (χ0v) is 48.2. The largest absolute Gasteiger partial charge is 0.463 e. The highest BCUT2D eigenvalue weighted by molar-refractivity contribution is 6.91. The standard InChI is InChI=1S/C30H63F3O10Si5.C14H24O5.6CH4/c1-27(2)29(35)39-21-15-17-28(34)38-23-22-37-20-16-24-45(7,8)41-48(12,26-18-30(31,32)33)43-47(11,25-14-13-19-36-3)42-46(9,10)40-44(4,5)6;1-4-5-8-17-10-11-18-13(15)7-6-9-19-14(16)12(2)3;;;;;;/h1,13-26H2,2-12H3;2,4-11H2,1,3H3;6*1H4. The maximum atomic E-state index is 13.5. The summed E-state index contributed by atoms with van der Waals surface area (Å²) < 4.78 is 103. The van der Waals surface area contributed by atoms with Crippen LogP contribution in [0.2, 0.25) is 77.1 Å². The van der Waals surface area contributed by atoms with Gasteiger partial charge in [-0.15, -0.1) is 0 Å². The van der Waals surface area contributed by atoms with E-state index in [-0.39, 0.29) is 102 Å². The van der Waals surface area contributed by atoms with E-state index in [1.807, 2.05) is 32.7 Å². The zero-order chi connectivity index (χ0) is 51.8. The molecule has 0 aromatic carbocycles. The molecule has 23 heteroatoms. The molecule has 0 aliphatic rings. The molecule has 0 spiro atoms. The number of carbonyl (C=O) groups excluding carboxylic acids is 4. The minimum absolute atomic E-state index is 0. The molecule has 442 valence electrons. The smallest absolute Gasteiger partial charge is 0.389 e. The van der Waals surface area contributed by atoms with Crippen molar-refractivity contribution in [3.05, 3.63) is 24.3 Å². The van der Waals surface area contributed by atoms with Gasteiger partial charge in [0.2, 0.25) is 0 Å². The number of alkyl halides is 3. The Balaban J connectivity index is -0.000000240. The summed E-state index contributed by atoms with van der Waals surface area (Å²) in [5.41, 5.74) is 0.651. The van der Waals surface area contributed by atoms with Crippen molar-refractivity contribution in [2.75, 3.05) is 66.6 Å². The molecular weight excluding hydrogens is 1040 g/mol. The molecule has 0 radical (unpaired) electrons. The lowest BCUT2D eigenvalue weighted by Gasteiger charge is -2.44. The van der Waals surface area contributed by atoms with Gasteiger partial charge >= 0.3 is 55.7 Å². The van der Waals surface area contributed by atoms with Gasteiger partial charge in [0.1, 0.15) is 13.2 Å². The average molecular weight is 1150 g/mol. The molecule has 0 rings (SSSR count). The first-order valence-corrected chi connectivity index (χ1v) is 37.8. The summed E-state index contributed by atoms with van der Waals surface area (Å²) in [6.45, 7) is 33.1. The number of unbranched alkanes of at least 4 members (excludes halogenated alkanes) is 2. The molecule has 15 nitrogen and oxygen atoms in total. The van der Waals surface area contributed by atoms with Crippen LogP contribution in [0.4, 0.5) is 13.2 Å². The summed E-state index contributed by atoms with van der Waals surface area (Å²) >= 11 is 0. The molecule has 0 bridgehead atoms. The van der Waals surface area contributed by atoms with Crippen LogP contribution in [0.1, 0.15) is 130 Å². The van der Waals surface area contributed by atoms with Crippen LogP contribution in [-0.4, -0.2) is 139 Å². The lowest BCUT2D eigenvalue weighted by atomic mass is 10.3. The van der Waals surface area contributed by atoms with Crippen molar-refractivity contribution in [1.29, 1.82) is 0 Å². The molecule has 73 heavy (non-hydrogen) atoms. The topological polar surface area (TPSA) is 170 Å². The van der Waals surface area contributed by atoms with Crippen LogP contribution < -0.4 is 0 Å². The molecule has 2 unspecified atom stereocenters. The molecule has 0 aliphatic carbocycles. The molecule has 0 saturated heterocycles. The minimum Gasteiger partial charge on any atom is -0.463 e. The number of hydrogen-bond donors (Lipinski definition) is 0. The number of carbonyl (C=O) groups is 4. The van der Waals surface area contributed by atoms with Crippen molar-refractivity contribution in [1.82, 2.24) is 0 Å². The highest BCUT2D eigenvalue weighted by Gasteiger charge is 2.50. The van der Waals surface area contributed by atoms with E-state index in [1.54, 1.807) is 27.5 Å². The van der Waals surface area contributed by atoms with Crippen molar-refractivity contribution in [3.8, 4) is 0 Å². The van der Waals surface area contributed by atoms with Gasteiger partial charge in [0.15, 0.2) is 16.6 Å². The van der Waals surface area contributed by atoms with E-state index in [2.05, 4.69) is 39.7 Å². The van der Waals surface area contributed by atoms with Crippen LogP contribution in [0.25, 0.3) is 0 Å². The van der Waals surface area contributed by atoms with E-state index in [1.165, 1.54) is 0 Å². The lowest BCUT2D eigenvalue weighted by Crippen LogP contribution is -2.60. The van der Waals surface area contributed by atoms with Crippen LogP contribution in [0.5, 0.6) is 0 Å². The van der Waals surface area contributed by atoms with E-state index in [4.69, 9.17) is 49.6 Å². The maximum Gasteiger partial charge on any atom is 0.389 e. The second kappa shape index (κ2) is 46.1. The van der Waals surface area contributed by atoms with Crippen LogP contribution in [0, 0.1) is 0 Å². The normalized spacial score (nSPS) is 12.8. The first kappa shape index (κ1) is 87.6. The summed E-state index contributed by atoms with van der Waals surface area (Å²) in [4.78, 5) is 45.5. The van der Waals surface area contributed by atoms with Gasteiger partial charge in [-0.2, -0.15) is 13.2 Å². The fraction of sp³-hybridized carbons (Fsp3) is 0.840. The van der Waals surface area contributed by atoms with E-state index >= 15 is 0 Å². The van der Waals surface area contributed by atoms with Crippen molar-refractivity contribution in [2.45, 2.75) is 213 Å². The van der Waals surface area contributed by atoms with Crippen molar-refractivity contribution in [3.63, 3.8) is 0 Å². The number of halogens is 3. The Labute approximate surface area is 450 Å². The molecule has 0 aromatic rings. The van der Waals surface area contributed by atoms with E-state index < -0.39 is 72.8 Å². The first-order chi connectivity index (χ1) is 30.9. The van der Waals surface area contributed by atoms with Gasteiger partial charge in [-0.25, -0.2) is 9.59 Å². The summed E-state index contributed by atoms with van der Waals surface area (Å²) in [7, 11) is -11.9. The van der Waals surface area contributed by atoms with Gasteiger partial charge in [0.05, 0.1) is 26.4 Å². The molecule has 0 N–H and O–H groups in total. The van der Waals surface area contributed by atoms with Gasteiger partial charge in [0.25, 0.3) is 0 Å². The number of rotatable bonds is 38. The molecule has 0 aliphatic heterocycles. The van der Waals surface area contributed by atoms with Gasteiger partial charge < -0.3 is 49.6 Å². The first-order valence-electron chi connectivity index (χ1n) is 23.4. The Morgan fingerprint density at radius 3 is 1.32 bits per heavy atom. The van der Waals surface area contributed by atoms with Crippen molar-refractivity contribution < 1.29 is 82.0 Å². The fourth-order valence-electron chi connectivity index (χ4n) is 6.31. The SMILES string of the molecule is C.C.C.C.C.C.C=C(C)C(=O)OCCCC(=O)OCCOCCCC.C=C(C)C(=O)OCCCC(=O)OCCOCCC[Si](C)(C)O[Si](C)(CCC(F)(F)F)O[Si](C)(CCCCOC)O[Si](C)(C)O[Si](C)(C)C. The third-order valence-electron chi connectivity index (χ3n) is 8.93. The second-order valence-electron chi connectivity index (χ2n) is 18.7. The Morgan fingerprint density at radius 1 is 0.479 bits per heavy atom. The molecule has 0 heterocycles. The molecular formula is C50H111F3O15Si5. The Kier molecular flexibility index (Phi) is 55.3. The summed E-state index contributed by atoms with van der Waals surface area (Å²) in [5.74, 6) is -1.64. The predicted octanol–water partition coefficient (Wildman–Crippen LogP) is 14.2. The number of hydrogen-bond acceptors (Lipinski definition) is 15. The maximum absolute atomic E-state index is 13.5. The van der Waals surface area contributed by atoms with Crippen LogP contribution in [-0.2, 0) is 68.8 Å². The number of methoxy groups -OCH3 is 1.